The minimum absolute atomic E-state index is 0.0139. The second-order valence-corrected chi connectivity index (χ2v) is 5.07. The molecule has 0 radical (unpaired) electrons. The number of anilines is 1. The van der Waals surface area contributed by atoms with Crippen LogP contribution in [0.15, 0.2) is 18.2 Å². The number of amides is 1. The Kier molecular flexibility index (Phi) is 3.85. The molecule has 1 aromatic rings. The number of hydrogen-bond donors (Lipinski definition) is 3. The highest BCUT2D eigenvalue weighted by atomic mass is 16.4. The van der Waals surface area contributed by atoms with Gasteiger partial charge in [0.25, 0.3) is 0 Å². The number of hydrogen-bond acceptors (Lipinski definition) is 3. The Morgan fingerprint density at radius 1 is 1.37 bits per heavy atom. The monoisotopic (exact) mass is 262 g/mol. The first-order valence-electron chi connectivity index (χ1n) is 6.34. The molecule has 1 saturated heterocycles. The summed E-state index contributed by atoms with van der Waals surface area (Å²) in [6, 6.07) is 4.83. The van der Waals surface area contributed by atoms with Crippen molar-refractivity contribution in [3.63, 3.8) is 0 Å². The standard InChI is InChI=1S/C14H18N2O3/c1-8-5-10(3-4-11(8)14(18)19)16-13(17)12-7-15-6-9(12)2/h3-5,9,12,15H,6-7H2,1-2H3,(H,16,17)(H,18,19). The highest BCUT2D eigenvalue weighted by Gasteiger charge is 2.29. The first kappa shape index (κ1) is 13.5. The van der Waals surface area contributed by atoms with Gasteiger partial charge in [0.05, 0.1) is 11.5 Å². The van der Waals surface area contributed by atoms with Crippen LogP contribution in [0.1, 0.15) is 22.8 Å². The van der Waals surface area contributed by atoms with E-state index in [9.17, 15) is 9.59 Å². The Labute approximate surface area is 112 Å². The molecule has 0 bridgehead atoms. The first-order valence-corrected chi connectivity index (χ1v) is 6.34. The summed E-state index contributed by atoms with van der Waals surface area (Å²) < 4.78 is 0. The van der Waals surface area contributed by atoms with Gasteiger partial charge in [-0.05, 0) is 43.1 Å². The fourth-order valence-corrected chi connectivity index (χ4v) is 2.38. The van der Waals surface area contributed by atoms with Crippen molar-refractivity contribution < 1.29 is 14.7 Å². The molecule has 0 saturated carbocycles. The normalized spacial score (nSPS) is 22.2. The molecular weight excluding hydrogens is 244 g/mol. The predicted octanol–water partition coefficient (Wildman–Crippen LogP) is 1.49. The molecule has 5 heteroatoms. The van der Waals surface area contributed by atoms with E-state index in [4.69, 9.17) is 5.11 Å². The van der Waals surface area contributed by atoms with Crippen molar-refractivity contribution in [1.82, 2.24) is 5.32 Å². The third kappa shape index (κ3) is 2.93. The molecule has 0 spiro atoms. The largest absolute Gasteiger partial charge is 0.478 e. The van der Waals surface area contributed by atoms with Gasteiger partial charge in [-0.1, -0.05) is 6.92 Å². The molecule has 1 amide bonds. The van der Waals surface area contributed by atoms with Crippen LogP contribution in [0.4, 0.5) is 5.69 Å². The highest BCUT2D eigenvalue weighted by Crippen LogP contribution is 2.20. The average Bonchev–Trinajstić information content (AvgIpc) is 2.75. The highest BCUT2D eigenvalue weighted by molar-refractivity contribution is 5.95. The van der Waals surface area contributed by atoms with Crippen molar-refractivity contribution in [2.45, 2.75) is 13.8 Å². The molecule has 1 aliphatic rings. The van der Waals surface area contributed by atoms with Crippen LogP contribution < -0.4 is 10.6 Å². The zero-order chi connectivity index (χ0) is 14.0. The smallest absolute Gasteiger partial charge is 0.335 e. The van der Waals surface area contributed by atoms with E-state index in [-0.39, 0.29) is 17.4 Å². The number of carboxylic acids is 1. The number of nitrogens with one attached hydrogen (secondary N) is 2. The molecular formula is C14H18N2O3. The number of rotatable bonds is 3. The van der Waals surface area contributed by atoms with Crippen LogP contribution in [-0.4, -0.2) is 30.1 Å². The van der Waals surface area contributed by atoms with Crippen LogP contribution in [0.3, 0.4) is 0 Å². The lowest BCUT2D eigenvalue weighted by atomic mass is 9.97. The van der Waals surface area contributed by atoms with E-state index in [0.29, 0.717) is 23.7 Å². The Morgan fingerprint density at radius 2 is 2.11 bits per heavy atom. The Bertz CT molecular complexity index is 513. The Balaban J connectivity index is 2.09. The quantitative estimate of drug-likeness (QED) is 0.771. The van der Waals surface area contributed by atoms with Gasteiger partial charge in [0, 0.05) is 12.2 Å². The van der Waals surface area contributed by atoms with E-state index in [0.717, 1.165) is 6.54 Å². The van der Waals surface area contributed by atoms with E-state index in [2.05, 4.69) is 10.6 Å². The maximum atomic E-state index is 12.1. The molecule has 19 heavy (non-hydrogen) atoms. The number of aryl methyl sites for hydroxylation is 1. The second kappa shape index (κ2) is 5.40. The predicted molar refractivity (Wildman–Crippen MR) is 72.3 cm³/mol. The summed E-state index contributed by atoms with van der Waals surface area (Å²) in [6.45, 7) is 5.32. The lowest BCUT2D eigenvalue weighted by molar-refractivity contribution is -0.120. The van der Waals surface area contributed by atoms with E-state index in [1.54, 1.807) is 19.1 Å². The van der Waals surface area contributed by atoms with Gasteiger partial charge in [-0.15, -0.1) is 0 Å². The Hall–Kier alpha value is -1.88. The van der Waals surface area contributed by atoms with Crippen molar-refractivity contribution in [2.75, 3.05) is 18.4 Å². The summed E-state index contributed by atoms with van der Waals surface area (Å²) in [4.78, 5) is 23.0. The molecule has 1 heterocycles. The molecule has 5 nitrogen and oxygen atoms in total. The molecule has 0 aromatic heterocycles. The topological polar surface area (TPSA) is 78.4 Å². The lowest BCUT2D eigenvalue weighted by Gasteiger charge is -2.14. The summed E-state index contributed by atoms with van der Waals surface area (Å²) in [5.74, 6) is -0.678. The number of benzene rings is 1. The molecule has 2 atom stereocenters. The van der Waals surface area contributed by atoms with E-state index in [1.165, 1.54) is 6.07 Å². The van der Waals surface area contributed by atoms with Gasteiger partial charge in [-0.2, -0.15) is 0 Å². The summed E-state index contributed by atoms with van der Waals surface area (Å²) >= 11 is 0. The van der Waals surface area contributed by atoms with Crippen molar-refractivity contribution in [3.05, 3.63) is 29.3 Å². The summed E-state index contributed by atoms with van der Waals surface area (Å²) in [5.41, 5.74) is 1.54. The molecule has 2 unspecified atom stereocenters. The fraction of sp³-hybridized carbons (Fsp3) is 0.429. The third-order valence-electron chi connectivity index (χ3n) is 3.58. The number of carbonyl (C=O) groups is 2. The Morgan fingerprint density at radius 3 is 2.63 bits per heavy atom. The van der Waals surface area contributed by atoms with Gasteiger partial charge in [0.2, 0.25) is 5.91 Å². The van der Waals surface area contributed by atoms with Gasteiger partial charge >= 0.3 is 5.97 Å². The second-order valence-electron chi connectivity index (χ2n) is 5.07. The molecule has 2 rings (SSSR count). The van der Waals surface area contributed by atoms with Crippen molar-refractivity contribution in [1.29, 1.82) is 0 Å². The number of carboxylic acid groups (broad SMARTS) is 1. The van der Waals surface area contributed by atoms with Crippen LogP contribution in [-0.2, 0) is 4.79 Å². The van der Waals surface area contributed by atoms with E-state index < -0.39 is 5.97 Å². The van der Waals surface area contributed by atoms with Crippen LogP contribution in [0.2, 0.25) is 0 Å². The zero-order valence-corrected chi connectivity index (χ0v) is 11.1. The SMILES string of the molecule is Cc1cc(NC(=O)C2CNCC2C)ccc1C(=O)O. The number of carbonyl (C=O) groups excluding carboxylic acids is 1. The van der Waals surface area contributed by atoms with Crippen molar-refractivity contribution in [2.24, 2.45) is 11.8 Å². The minimum atomic E-state index is -0.955. The van der Waals surface area contributed by atoms with Gasteiger partial charge < -0.3 is 15.7 Å². The lowest BCUT2D eigenvalue weighted by Crippen LogP contribution is -2.27. The molecule has 102 valence electrons. The average molecular weight is 262 g/mol. The fourth-order valence-electron chi connectivity index (χ4n) is 2.38. The van der Waals surface area contributed by atoms with Gasteiger partial charge in [-0.25, -0.2) is 4.79 Å². The van der Waals surface area contributed by atoms with Gasteiger partial charge in [-0.3, -0.25) is 4.79 Å². The summed E-state index contributed by atoms with van der Waals surface area (Å²) in [7, 11) is 0. The summed E-state index contributed by atoms with van der Waals surface area (Å²) in [5, 5.41) is 15.0. The molecule has 1 fully saturated rings. The van der Waals surface area contributed by atoms with Crippen LogP contribution in [0.5, 0.6) is 0 Å². The van der Waals surface area contributed by atoms with Crippen LogP contribution in [0.25, 0.3) is 0 Å². The van der Waals surface area contributed by atoms with E-state index in [1.807, 2.05) is 6.92 Å². The third-order valence-corrected chi connectivity index (χ3v) is 3.58. The molecule has 1 aromatic carbocycles. The van der Waals surface area contributed by atoms with Crippen molar-refractivity contribution in [3.8, 4) is 0 Å². The zero-order valence-electron chi connectivity index (χ0n) is 11.1. The minimum Gasteiger partial charge on any atom is -0.478 e. The molecule has 3 N–H and O–H groups in total. The summed E-state index contributed by atoms with van der Waals surface area (Å²) in [6.07, 6.45) is 0. The van der Waals surface area contributed by atoms with Crippen LogP contribution >= 0.6 is 0 Å². The maximum absolute atomic E-state index is 12.1. The van der Waals surface area contributed by atoms with Crippen molar-refractivity contribution >= 4 is 17.6 Å². The van der Waals surface area contributed by atoms with E-state index >= 15 is 0 Å². The van der Waals surface area contributed by atoms with Gasteiger partial charge in [0.1, 0.15) is 0 Å². The van der Waals surface area contributed by atoms with Crippen LogP contribution in [0, 0.1) is 18.8 Å². The maximum Gasteiger partial charge on any atom is 0.335 e. The van der Waals surface area contributed by atoms with Gasteiger partial charge in [0.15, 0.2) is 0 Å². The number of aromatic carboxylic acids is 1. The molecule has 1 aliphatic heterocycles. The first-order chi connectivity index (χ1) is 8.99. The molecule has 0 aliphatic carbocycles.